The van der Waals surface area contributed by atoms with Crippen molar-refractivity contribution >= 4 is 29.3 Å². The SMILES string of the molecule is Fc1cccc(NCC2CSCCS2)n1. The zero-order valence-corrected chi connectivity index (χ0v) is 9.91. The molecular weight excluding hydrogens is 231 g/mol. The van der Waals surface area contributed by atoms with Crippen LogP contribution < -0.4 is 5.32 Å². The van der Waals surface area contributed by atoms with Crippen molar-refractivity contribution in [3.8, 4) is 0 Å². The van der Waals surface area contributed by atoms with Gasteiger partial charge in [0.25, 0.3) is 0 Å². The number of nitrogens with one attached hydrogen (secondary N) is 1. The molecule has 1 aromatic rings. The minimum atomic E-state index is -0.425. The molecule has 0 amide bonds. The molecule has 1 aliphatic heterocycles. The Kier molecular flexibility index (Phi) is 4.14. The Balaban J connectivity index is 1.81. The highest BCUT2D eigenvalue weighted by molar-refractivity contribution is 8.06. The minimum absolute atomic E-state index is 0.425. The van der Waals surface area contributed by atoms with Crippen LogP contribution in [0.1, 0.15) is 0 Å². The molecule has 2 heterocycles. The maximum atomic E-state index is 12.8. The van der Waals surface area contributed by atoms with Gasteiger partial charge in [-0.2, -0.15) is 27.9 Å². The Morgan fingerprint density at radius 3 is 3.13 bits per heavy atom. The molecule has 0 spiro atoms. The van der Waals surface area contributed by atoms with E-state index in [4.69, 9.17) is 0 Å². The van der Waals surface area contributed by atoms with Crippen LogP contribution in [0.5, 0.6) is 0 Å². The fourth-order valence-corrected chi connectivity index (χ4v) is 3.99. The number of hydrogen-bond donors (Lipinski definition) is 1. The molecule has 0 aliphatic carbocycles. The topological polar surface area (TPSA) is 24.9 Å². The fraction of sp³-hybridized carbons (Fsp3) is 0.500. The van der Waals surface area contributed by atoms with E-state index in [0.717, 1.165) is 6.54 Å². The van der Waals surface area contributed by atoms with Crippen LogP contribution in [0.4, 0.5) is 10.2 Å². The highest BCUT2D eigenvalue weighted by atomic mass is 32.2. The average molecular weight is 244 g/mol. The first kappa shape index (κ1) is 11.1. The molecule has 0 aromatic carbocycles. The third-order valence-electron chi connectivity index (χ3n) is 2.11. The summed E-state index contributed by atoms with van der Waals surface area (Å²) in [7, 11) is 0. The maximum Gasteiger partial charge on any atom is 0.214 e. The standard InChI is InChI=1S/C10H13FN2S2/c11-9-2-1-3-10(13-9)12-6-8-7-14-4-5-15-8/h1-3,8H,4-7H2,(H,12,13). The van der Waals surface area contributed by atoms with Crippen molar-refractivity contribution in [3.05, 3.63) is 24.1 Å². The van der Waals surface area contributed by atoms with Crippen LogP contribution >= 0.6 is 23.5 Å². The summed E-state index contributed by atoms with van der Waals surface area (Å²) >= 11 is 3.97. The van der Waals surface area contributed by atoms with E-state index in [2.05, 4.69) is 10.3 Å². The van der Waals surface area contributed by atoms with Gasteiger partial charge in [-0.05, 0) is 12.1 Å². The van der Waals surface area contributed by atoms with E-state index in [0.29, 0.717) is 11.1 Å². The van der Waals surface area contributed by atoms with Crippen LogP contribution in [-0.2, 0) is 0 Å². The van der Waals surface area contributed by atoms with Crippen LogP contribution in [0.15, 0.2) is 18.2 Å². The van der Waals surface area contributed by atoms with E-state index in [-0.39, 0.29) is 0 Å². The van der Waals surface area contributed by atoms with E-state index in [1.54, 1.807) is 12.1 Å². The van der Waals surface area contributed by atoms with Crippen LogP contribution in [0.25, 0.3) is 0 Å². The molecule has 1 fully saturated rings. The molecule has 2 rings (SSSR count). The third kappa shape index (κ3) is 3.57. The molecule has 1 N–H and O–H groups in total. The second-order valence-electron chi connectivity index (χ2n) is 3.29. The summed E-state index contributed by atoms with van der Waals surface area (Å²) in [4.78, 5) is 3.76. The molecule has 2 nitrogen and oxygen atoms in total. The van der Waals surface area contributed by atoms with Crippen LogP contribution in [0, 0.1) is 5.95 Å². The van der Waals surface area contributed by atoms with E-state index in [9.17, 15) is 4.39 Å². The number of halogens is 1. The van der Waals surface area contributed by atoms with Crippen molar-refractivity contribution in [3.63, 3.8) is 0 Å². The summed E-state index contributed by atoms with van der Waals surface area (Å²) in [5.41, 5.74) is 0. The molecule has 5 heteroatoms. The van der Waals surface area contributed by atoms with Gasteiger partial charge in [0, 0.05) is 29.1 Å². The van der Waals surface area contributed by atoms with Crippen molar-refractivity contribution < 1.29 is 4.39 Å². The largest absolute Gasteiger partial charge is 0.369 e. The summed E-state index contributed by atoms with van der Waals surface area (Å²) in [6.45, 7) is 0.869. The Hall–Kier alpha value is -0.420. The normalized spacial score (nSPS) is 21.3. The number of nitrogens with zero attached hydrogens (tertiary/aromatic N) is 1. The van der Waals surface area contributed by atoms with Gasteiger partial charge in [0.1, 0.15) is 5.82 Å². The molecule has 0 bridgehead atoms. The summed E-state index contributed by atoms with van der Waals surface area (Å²) < 4.78 is 12.8. The molecular formula is C10H13FN2S2. The Morgan fingerprint density at radius 2 is 2.40 bits per heavy atom. The summed E-state index contributed by atoms with van der Waals surface area (Å²) in [5.74, 6) is 3.84. The van der Waals surface area contributed by atoms with Crippen molar-refractivity contribution in [2.75, 3.05) is 29.1 Å². The van der Waals surface area contributed by atoms with E-state index in [1.165, 1.54) is 23.3 Å². The van der Waals surface area contributed by atoms with Gasteiger partial charge >= 0.3 is 0 Å². The Morgan fingerprint density at radius 1 is 1.47 bits per heavy atom. The lowest BCUT2D eigenvalue weighted by Gasteiger charge is -2.21. The van der Waals surface area contributed by atoms with E-state index >= 15 is 0 Å². The molecule has 1 aliphatic rings. The van der Waals surface area contributed by atoms with Crippen molar-refractivity contribution in [2.45, 2.75) is 5.25 Å². The number of rotatable bonds is 3. The van der Waals surface area contributed by atoms with Crippen LogP contribution in [0.2, 0.25) is 0 Å². The van der Waals surface area contributed by atoms with Crippen molar-refractivity contribution in [1.29, 1.82) is 0 Å². The number of pyridine rings is 1. The molecule has 0 saturated carbocycles. The van der Waals surface area contributed by atoms with E-state index < -0.39 is 5.95 Å². The number of anilines is 1. The van der Waals surface area contributed by atoms with E-state index in [1.807, 2.05) is 23.5 Å². The van der Waals surface area contributed by atoms with Gasteiger partial charge in [-0.1, -0.05) is 6.07 Å². The fourth-order valence-electron chi connectivity index (χ4n) is 1.38. The first-order valence-electron chi connectivity index (χ1n) is 4.90. The van der Waals surface area contributed by atoms with Gasteiger partial charge in [-0.25, -0.2) is 4.98 Å². The lowest BCUT2D eigenvalue weighted by atomic mass is 10.4. The number of thioether (sulfide) groups is 2. The molecule has 1 saturated heterocycles. The smallest absolute Gasteiger partial charge is 0.214 e. The molecule has 82 valence electrons. The predicted molar refractivity (Wildman–Crippen MR) is 66.3 cm³/mol. The predicted octanol–water partition coefficient (Wildman–Crippen LogP) is 2.48. The van der Waals surface area contributed by atoms with Gasteiger partial charge in [0.15, 0.2) is 0 Å². The summed E-state index contributed by atoms with van der Waals surface area (Å²) in [5, 5.41) is 3.79. The van der Waals surface area contributed by atoms with Gasteiger partial charge in [0.2, 0.25) is 5.95 Å². The zero-order valence-electron chi connectivity index (χ0n) is 8.28. The second kappa shape index (κ2) is 5.61. The lowest BCUT2D eigenvalue weighted by molar-refractivity contribution is 0.585. The molecule has 1 unspecified atom stereocenters. The van der Waals surface area contributed by atoms with Gasteiger partial charge < -0.3 is 5.32 Å². The maximum absolute atomic E-state index is 12.8. The lowest BCUT2D eigenvalue weighted by Crippen LogP contribution is -2.23. The van der Waals surface area contributed by atoms with Crippen LogP contribution in [-0.4, -0.2) is 34.0 Å². The molecule has 15 heavy (non-hydrogen) atoms. The Bertz CT molecular complexity index is 316. The number of hydrogen-bond acceptors (Lipinski definition) is 4. The molecule has 1 atom stereocenters. The quantitative estimate of drug-likeness (QED) is 0.826. The van der Waals surface area contributed by atoms with Crippen molar-refractivity contribution in [2.24, 2.45) is 0 Å². The highest BCUT2D eigenvalue weighted by Crippen LogP contribution is 2.23. The highest BCUT2D eigenvalue weighted by Gasteiger charge is 2.13. The minimum Gasteiger partial charge on any atom is -0.369 e. The Labute approximate surface area is 97.4 Å². The van der Waals surface area contributed by atoms with Crippen molar-refractivity contribution in [1.82, 2.24) is 4.98 Å². The monoisotopic (exact) mass is 244 g/mol. The summed E-state index contributed by atoms with van der Waals surface area (Å²) in [6, 6.07) is 4.83. The van der Waals surface area contributed by atoms with Gasteiger partial charge in [-0.3, -0.25) is 0 Å². The third-order valence-corrected chi connectivity index (χ3v) is 4.96. The van der Waals surface area contributed by atoms with Crippen LogP contribution in [0.3, 0.4) is 0 Å². The average Bonchev–Trinajstić information content (AvgIpc) is 2.28. The van der Waals surface area contributed by atoms with Gasteiger partial charge in [-0.15, -0.1) is 0 Å². The second-order valence-corrected chi connectivity index (χ2v) is 5.85. The first-order valence-corrected chi connectivity index (χ1v) is 7.11. The van der Waals surface area contributed by atoms with Gasteiger partial charge in [0.05, 0.1) is 0 Å². The molecule has 0 radical (unpaired) electrons. The zero-order chi connectivity index (χ0) is 10.5. The number of aromatic nitrogens is 1. The summed E-state index contributed by atoms with van der Waals surface area (Å²) in [6.07, 6.45) is 0. The molecule has 1 aromatic heterocycles. The first-order chi connectivity index (χ1) is 7.34.